The Bertz CT molecular complexity index is 1070. The highest BCUT2D eigenvalue weighted by atomic mass is 16.8. The van der Waals surface area contributed by atoms with E-state index in [9.17, 15) is 69.9 Å². The number of ether oxygens (including phenoxy) is 3. The van der Waals surface area contributed by atoms with E-state index >= 15 is 0 Å². The molecule has 0 aromatic carbocycles. The summed E-state index contributed by atoms with van der Waals surface area (Å²) in [5.41, 5.74) is -16.0. The van der Waals surface area contributed by atoms with Crippen LogP contribution >= 0.6 is 0 Å². The van der Waals surface area contributed by atoms with Crippen molar-refractivity contribution in [3.63, 3.8) is 0 Å². The number of Topliss-reactive ketones (excluding diaryl/α,β-unsaturated/α-hetero) is 5. The van der Waals surface area contributed by atoms with Crippen molar-refractivity contribution in [1.82, 2.24) is 0 Å². The molecule has 0 unspecified atom stereocenters. The van der Waals surface area contributed by atoms with Gasteiger partial charge in [-0.05, 0) is 27.7 Å². The van der Waals surface area contributed by atoms with E-state index in [1.54, 1.807) is 0 Å². The Hall–Kier alpha value is -2.13. The quantitative estimate of drug-likeness (QED) is 0.117. The Morgan fingerprint density at radius 1 is 0.692 bits per heavy atom. The number of rotatable bonds is 9. The molecule has 2 aliphatic rings. The monoisotopic (exact) mass is 568 g/mol. The molecule has 0 amide bonds. The van der Waals surface area contributed by atoms with Gasteiger partial charge in [0.2, 0.25) is 16.8 Å². The third-order valence-electron chi connectivity index (χ3n) is 7.44. The zero-order valence-corrected chi connectivity index (χ0v) is 21.5. The molecule has 0 saturated carbocycles. The summed E-state index contributed by atoms with van der Waals surface area (Å²) >= 11 is 0. The van der Waals surface area contributed by atoms with Crippen molar-refractivity contribution in [1.29, 1.82) is 0 Å². The molecule has 222 valence electrons. The molecule has 9 N–H and O–H groups in total. The fourth-order valence-corrected chi connectivity index (χ4v) is 5.32. The maximum absolute atomic E-state index is 13.3. The maximum Gasteiger partial charge on any atom is 0.320 e. The lowest BCUT2D eigenvalue weighted by molar-refractivity contribution is -0.496. The highest BCUT2D eigenvalue weighted by molar-refractivity contribution is 6.06. The number of hydrogen-bond donors (Lipinski definition) is 9. The first-order valence-corrected chi connectivity index (χ1v) is 11.4. The van der Waals surface area contributed by atoms with Crippen molar-refractivity contribution in [3.8, 4) is 0 Å². The van der Waals surface area contributed by atoms with E-state index in [1.165, 1.54) is 0 Å². The predicted molar refractivity (Wildman–Crippen MR) is 118 cm³/mol. The van der Waals surface area contributed by atoms with Crippen molar-refractivity contribution in [2.75, 3.05) is 13.2 Å². The highest BCUT2D eigenvalue weighted by Gasteiger charge is 2.86. The van der Waals surface area contributed by atoms with Crippen LogP contribution in [-0.2, 0) is 38.2 Å². The summed E-state index contributed by atoms with van der Waals surface area (Å²) in [5.74, 6) is -16.6. The van der Waals surface area contributed by atoms with Crippen LogP contribution in [0.4, 0.5) is 0 Å². The molecule has 2 saturated heterocycles. The fourth-order valence-electron chi connectivity index (χ4n) is 5.32. The molecule has 2 fully saturated rings. The van der Waals surface area contributed by atoms with E-state index in [0.29, 0.717) is 34.6 Å². The van der Waals surface area contributed by atoms with Crippen LogP contribution in [-0.4, -0.2) is 147 Å². The largest absolute Gasteiger partial charge is 0.394 e. The average molecular weight is 568 g/mol. The van der Waals surface area contributed by atoms with Gasteiger partial charge in [0.15, 0.2) is 34.5 Å². The van der Waals surface area contributed by atoms with E-state index in [2.05, 4.69) is 0 Å². The molecule has 0 aromatic heterocycles. The number of carbonyl (C=O) groups excluding carboxylic acids is 5. The van der Waals surface area contributed by atoms with Gasteiger partial charge in [-0.25, -0.2) is 0 Å². The number of aliphatic hydroxyl groups is 9. The second kappa shape index (κ2) is 10.1. The van der Waals surface area contributed by atoms with Gasteiger partial charge in [-0.3, -0.25) is 24.0 Å². The first-order chi connectivity index (χ1) is 17.6. The molecule has 17 nitrogen and oxygen atoms in total. The van der Waals surface area contributed by atoms with Crippen LogP contribution in [0.2, 0.25) is 0 Å². The standard InChI is InChI=1S/C22H32O17/c1-8(25)17(32)16(31)15(30)13(6-23)37-21(17,12(5)29)39-18(9(2)26)14(7-24)38-22(35,36)20(34,11(4)28)19(18,33)10(3)27/h13-16,23-24,30-36H,6-7H2,1-5H3/t13-,14-,15+,16+,17-,18-,19+,20-,21+/m1/s1. The molecule has 2 rings (SSSR count). The summed E-state index contributed by atoms with van der Waals surface area (Å²) in [6, 6.07) is 0. The molecule has 2 aliphatic heterocycles. The minimum absolute atomic E-state index is 0.425. The van der Waals surface area contributed by atoms with Crippen molar-refractivity contribution in [3.05, 3.63) is 0 Å². The molecular formula is C22H32O17. The fraction of sp³-hybridized carbons (Fsp3) is 0.773. The minimum atomic E-state index is -4.24. The second-order valence-electron chi connectivity index (χ2n) is 9.59. The Morgan fingerprint density at radius 3 is 1.51 bits per heavy atom. The van der Waals surface area contributed by atoms with Crippen LogP contribution < -0.4 is 0 Å². The first kappa shape index (κ1) is 33.1. The zero-order valence-electron chi connectivity index (χ0n) is 21.5. The van der Waals surface area contributed by atoms with Crippen molar-refractivity contribution < 1.29 is 84.1 Å². The molecule has 0 aliphatic carbocycles. The van der Waals surface area contributed by atoms with Gasteiger partial charge in [0, 0.05) is 6.92 Å². The Balaban J connectivity index is 3.19. The van der Waals surface area contributed by atoms with Gasteiger partial charge < -0.3 is 60.2 Å². The summed E-state index contributed by atoms with van der Waals surface area (Å²) in [4.78, 5) is 64.8. The minimum Gasteiger partial charge on any atom is -0.394 e. The summed E-state index contributed by atoms with van der Waals surface area (Å²) in [6.45, 7) is -0.370. The van der Waals surface area contributed by atoms with Gasteiger partial charge in [-0.1, -0.05) is 0 Å². The second-order valence-corrected chi connectivity index (χ2v) is 9.59. The average Bonchev–Trinajstić information content (AvgIpc) is 2.83. The van der Waals surface area contributed by atoms with Crippen molar-refractivity contribution in [2.24, 2.45) is 0 Å². The highest BCUT2D eigenvalue weighted by Crippen LogP contribution is 2.54. The third kappa shape index (κ3) is 3.81. The molecule has 0 bridgehead atoms. The Morgan fingerprint density at radius 2 is 1.18 bits per heavy atom. The van der Waals surface area contributed by atoms with E-state index in [1.807, 2.05) is 0 Å². The molecule has 17 heteroatoms. The Kier molecular flexibility index (Phi) is 8.53. The molecule has 0 aromatic rings. The van der Waals surface area contributed by atoms with Gasteiger partial charge in [-0.15, -0.1) is 0 Å². The van der Waals surface area contributed by atoms with Crippen molar-refractivity contribution >= 4 is 28.9 Å². The molecule has 9 atom stereocenters. The summed E-state index contributed by atoms with van der Waals surface area (Å²) in [7, 11) is 0. The summed E-state index contributed by atoms with van der Waals surface area (Å²) in [5, 5.41) is 96.1. The molecule has 0 spiro atoms. The van der Waals surface area contributed by atoms with E-state index in [-0.39, 0.29) is 0 Å². The lowest BCUT2D eigenvalue weighted by atomic mass is 9.59. The predicted octanol–water partition coefficient (Wildman–Crippen LogP) is -6.28. The van der Waals surface area contributed by atoms with E-state index in [0.717, 1.165) is 0 Å². The van der Waals surface area contributed by atoms with Crippen LogP contribution in [0, 0.1) is 0 Å². The number of hydrogen-bond acceptors (Lipinski definition) is 17. The topological polar surface area (TPSA) is 295 Å². The zero-order chi connectivity index (χ0) is 30.7. The lowest BCUT2D eigenvalue weighted by Crippen LogP contribution is -2.92. The maximum atomic E-state index is 13.3. The normalized spacial score (nSPS) is 43.9. The van der Waals surface area contributed by atoms with Gasteiger partial charge >= 0.3 is 5.97 Å². The number of aliphatic hydroxyl groups excluding tert-OH is 4. The van der Waals surface area contributed by atoms with Gasteiger partial charge in [0.05, 0.1) is 13.2 Å². The lowest BCUT2D eigenvalue weighted by Gasteiger charge is -2.63. The van der Waals surface area contributed by atoms with Crippen LogP contribution in [0.3, 0.4) is 0 Å². The third-order valence-corrected chi connectivity index (χ3v) is 7.44. The summed E-state index contributed by atoms with van der Waals surface area (Å²) < 4.78 is 15.5. The molecular weight excluding hydrogens is 536 g/mol. The van der Waals surface area contributed by atoms with Crippen molar-refractivity contribution in [2.45, 2.75) is 93.2 Å². The van der Waals surface area contributed by atoms with Crippen LogP contribution in [0.25, 0.3) is 0 Å². The van der Waals surface area contributed by atoms with Crippen LogP contribution in [0.15, 0.2) is 0 Å². The van der Waals surface area contributed by atoms with E-state index < -0.39 is 101 Å². The van der Waals surface area contributed by atoms with Gasteiger partial charge in [-0.2, -0.15) is 0 Å². The first-order valence-electron chi connectivity index (χ1n) is 11.4. The van der Waals surface area contributed by atoms with Crippen LogP contribution in [0.1, 0.15) is 34.6 Å². The molecule has 0 radical (unpaired) electrons. The smallest absolute Gasteiger partial charge is 0.320 e. The molecule has 39 heavy (non-hydrogen) atoms. The summed E-state index contributed by atoms with van der Waals surface area (Å²) in [6.07, 6.45) is -9.81. The van der Waals surface area contributed by atoms with Gasteiger partial charge in [0.25, 0.3) is 5.79 Å². The number of carbonyl (C=O) groups is 5. The van der Waals surface area contributed by atoms with E-state index in [4.69, 9.17) is 14.2 Å². The Labute approximate surface area is 220 Å². The molecule has 2 heterocycles. The van der Waals surface area contributed by atoms with Gasteiger partial charge in [0.1, 0.15) is 24.4 Å². The number of ketones is 5. The SMILES string of the molecule is CC(=O)[C@@]1(O[C@]2(C(C)=O)[C@@H](CO)OC(O)(O)[C@@](O)(C(C)=O)[C@]2(O)C(C)=O)O[C@H](CO)[C@H](O)[C@H](O)[C@]1(O)C(C)=O. The van der Waals surface area contributed by atoms with Crippen LogP contribution in [0.5, 0.6) is 0 Å².